The number of aliphatic hydroxyl groups is 8. The molecule has 3 rings (SSSR count). The van der Waals surface area contributed by atoms with Crippen molar-refractivity contribution < 1.29 is 70.1 Å². The van der Waals surface area contributed by atoms with Crippen molar-refractivity contribution in [2.75, 3.05) is 0 Å². The van der Waals surface area contributed by atoms with Crippen LogP contribution < -0.4 is 0 Å². The van der Waals surface area contributed by atoms with Gasteiger partial charge < -0.3 is 60.5 Å². The summed E-state index contributed by atoms with van der Waals surface area (Å²) in [5.74, 6) is -2.25. The second kappa shape index (κ2) is 33.1. The third kappa shape index (κ3) is 24.6. The van der Waals surface area contributed by atoms with E-state index in [9.17, 15) is 60.7 Å². The van der Waals surface area contributed by atoms with Crippen LogP contribution in [0.25, 0.3) is 12.2 Å². The van der Waals surface area contributed by atoms with E-state index in [-0.39, 0.29) is 80.4 Å². The minimum absolute atomic E-state index is 0.0195. The largest absolute Gasteiger partial charge is 0.507 e. The molecule has 14 nitrogen and oxygen atoms in total. The van der Waals surface area contributed by atoms with Crippen LogP contribution in [0.4, 0.5) is 0 Å². The molecule has 1 aliphatic heterocycles. The Morgan fingerprint density at radius 2 is 0.958 bits per heavy atom. The lowest BCUT2D eigenvalue weighted by molar-refractivity contribution is -0.00319. The molecule has 10 N–H and O–H groups in total. The lowest BCUT2D eigenvalue weighted by atomic mass is 9.98. The number of esters is 2. The number of aliphatic hydroxyl groups excluding tert-OH is 8. The van der Waals surface area contributed by atoms with E-state index in [1.54, 1.807) is 110 Å². The average molecular weight is 999 g/mol. The highest BCUT2D eigenvalue weighted by Gasteiger charge is 2.26. The molecule has 0 unspecified atom stereocenters. The quantitative estimate of drug-likeness (QED) is 0.102. The molecule has 2 aromatic rings. The number of cyclic esters (lactones) is 2. The second-order valence-corrected chi connectivity index (χ2v) is 18.8. The summed E-state index contributed by atoms with van der Waals surface area (Å²) in [4.78, 5) is 26.9. The maximum atomic E-state index is 13.5. The summed E-state index contributed by atoms with van der Waals surface area (Å²) in [5.41, 5.74) is 2.33. The topological polar surface area (TPSA) is 255 Å². The first-order valence-corrected chi connectivity index (χ1v) is 24.8. The molecule has 10 atom stereocenters. The number of fused-ring (bicyclic) bond motifs is 2. The first kappa shape index (κ1) is 60.6. The third-order valence-corrected chi connectivity index (χ3v) is 11.6. The summed E-state index contributed by atoms with van der Waals surface area (Å²) >= 11 is 0. The van der Waals surface area contributed by atoms with Gasteiger partial charge in [-0.05, 0) is 95.9 Å². The Bertz CT molecular complexity index is 2250. The van der Waals surface area contributed by atoms with Gasteiger partial charge in [-0.2, -0.15) is 0 Å². The van der Waals surface area contributed by atoms with Gasteiger partial charge in [-0.25, -0.2) is 9.59 Å². The average Bonchev–Trinajstić information content (AvgIpc) is 3.27. The van der Waals surface area contributed by atoms with Crippen LogP contribution in [-0.4, -0.2) is 124 Å². The predicted octanol–water partition coefficient (Wildman–Crippen LogP) is 8.17. The fraction of sp³-hybridized carbons (Fsp3) is 0.448. The highest BCUT2D eigenvalue weighted by molar-refractivity contribution is 5.97. The minimum atomic E-state index is -1.01. The first-order valence-electron chi connectivity index (χ1n) is 24.8. The van der Waals surface area contributed by atoms with E-state index in [4.69, 9.17) is 9.47 Å². The summed E-state index contributed by atoms with van der Waals surface area (Å²) < 4.78 is 11.5. The highest BCUT2D eigenvalue weighted by Crippen LogP contribution is 2.28. The maximum Gasteiger partial charge on any atom is 0.342 e. The number of phenols is 2. The molecule has 0 saturated heterocycles. The van der Waals surface area contributed by atoms with Crippen molar-refractivity contribution in [3.63, 3.8) is 0 Å². The van der Waals surface area contributed by atoms with Gasteiger partial charge in [0.15, 0.2) is 0 Å². The van der Waals surface area contributed by atoms with Crippen LogP contribution in [-0.2, 0) is 9.47 Å². The molecule has 1 aliphatic rings. The standard InChI is InChI=1S/C58H78O14/c1-39-19-11-7-5-9-13-21-43-23-15-29-53(67)55(43)57(69)72-52(34-42(4)60)38-48(64)28-18-26-46(62)36-50(66)32-40(2)20-12-8-6-10-14-22-44-24-16-30-54(68)56(44)58(70)71-51(33-41(3)59)37-47(63)27-17-25-45(61)35-49(65)31-39/h5-17,19-25,29-30,41-42,45-52,59-68H,18,26-28,31-38H2,1-4H3/t41-,42-,45-,46-,47+,48+,49+,50+,51+,52+/m1/s1. The van der Waals surface area contributed by atoms with E-state index in [1.807, 2.05) is 26.0 Å². The molecular formula is C58H78O14. The monoisotopic (exact) mass is 999 g/mol. The third-order valence-electron chi connectivity index (χ3n) is 11.6. The number of ether oxygens (including phenoxy) is 2. The van der Waals surface area contributed by atoms with Crippen LogP contribution >= 0.6 is 0 Å². The van der Waals surface area contributed by atoms with Gasteiger partial charge in [0.05, 0.1) is 48.8 Å². The van der Waals surface area contributed by atoms with Gasteiger partial charge >= 0.3 is 11.9 Å². The minimum Gasteiger partial charge on any atom is -0.507 e. The first-order chi connectivity index (χ1) is 34.3. The zero-order valence-electron chi connectivity index (χ0n) is 42.1. The Morgan fingerprint density at radius 3 is 1.43 bits per heavy atom. The molecule has 394 valence electrons. The van der Waals surface area contributed by atoms with E-state index in [0.29, 0.717) is 30.4 Å². The molecular weight excluding hydrogens is 921 g/mol. The van der Waals surface area contributed by atoms with Crippen LogP contribution in [0.5, 0.6) is 11.5 Å². The Hall–Kier alpha value is -5.68. The lowest BCUT2D eigenvalue weighted by Gasteiger charge is -2.23. The molecule has 0 radical (unpaired) electrons. The van der Waals surface area contributed by atoms with Gasteiger partial charge in [-0.15, -0.1) is 0 Å². The Morgan fingerprint density at radius 1 is 0.542 bits per heavy atom. The number of benzene rings is 2. The SMILES string of the molecule is CC1=CC=CC=CC=Cc2cccc(O)c2C(=O)O[C@@H](C[C@@H](C)O)C[C@@H](O)CC=C[C@@H](O)C[C@@H](O)CC(C)=CC=CC=CC=Cc2cccc(O)c2C(=O)O[C@@H](C[C@@H](C)O)C[C@@H](O)CCC[C@@H](O)C[C@@H](O)C1. The van der Waals surface area contributed by atoms with E-state index in [0.717, 1.165) is 11.1 Å². The van der Waals surface area contributed by atoms with E-state index in [2.05, 4.69) is 0 Å². The highest BCUT2D eigenvalue weighted by atomic mass is 16.6. The molecule has 0 saturated carbocycles. The summed E-state index contributed by atoms with van der Waals surface area (Å²) in [6.45, 7) is 6.78. The van der Waals surface area contributed by atoms with Crippen LogP contribution in [0.1, 0.15) is 137 Å². The fourth-order valence-electron chi connectivity index (χ4n) is 8.19. The number of carbonyl (C=O) groups is 2. The van der Waals surface area contributed by atoms with Crippen molar-refractivity contribution >= 4 is 24.1 Å². The van der Waals surface area contributed by atoms with Crippen LogP contribution in [0.15, 0.2) is 133 Å². The fourth-order valence-corrected chi connectivity index (χ4v) is 8.19. The Kier molecular flexibility index (Phi) is 27.9. The number of aromatic hydroxyl groups is 2. The zero-order chi connectivity index (χ0) is 53.0. The molecule has 0 aromatic heterocycles. The van der Waals surface area contributed by atoms with Gasteiger partial charge in [0, 0.05) is 32.1 Å². The zero-order valence-corrected chi connectivity index (χ0v) is 42.1. The maximum absolute atomic E-state index is 13.5. The summed E-state index contributed by atoms with van der Waals surface area (Å²) in [6.07, 6.45) is 20.4. The second-order valence-electron chi connectivity index (χ2n) is 18.8. The lowest BCUT2D eigenvalue weighted by Crippen LogP contribution is -2.28. The van der Waals surface area contributed by atoms with Crippen molar-refractivity contribution in [2.24, 2.45) is 0 Å². The van der Waals surface area contributed by atoms with Gasteiger partial charge in [0.1, 0.15) is 34.8 Å². The van der Waals surface area contributed by atoms with Gasteiger partial charge in [-0.1, -0.05) is 133 Å². The van der Waals surface area contributed by atoms with Gasteiger partial charge in [0.2, 0.25) is 0 Å². The number of allylic oxidation sites excluding steroid dienone is 12. The normalized spacial score (nSPS) is 25.9. The van der Waals surface area contributed by atoms with Gasteiger partial charge in [0.25, 0.3) is 0 Å². The number of hydrogen-bond donors (Lipinski definition) is 10. The number of rotatable bonds is 4. The van der Waals surface area contributed by atoms with Crippen molar-refractivity contribution in [3.05, 3.63) is 155 Å². The van der Waals surface area contributed by atoms with E-state index < -0.39 is 73.0 Å². The van der Waals surface area contributed by atoms with E-state index in [1.165, 1.54) is 25.1 Å². The summed E-state index contributed by atoms with van der Waals surface area (Å²) in [5, 5.41) is 106. The van der Waals surface area contributed by atoms with Crippen LogP contribution in [0, 0.1) is 0 Å². The van der Waals surface area contributed by atoms with Crippen molar-refractivity contribution in [3.8, 4) is 11.5 Å². The van der Waals surface area contributed by atoms with E-state index >= 15 is 0 Å². The van der Waals surface area contributed by atoms with Crippen molar-refractivity contribution in [1.29, 1.82) is 0 Å². The van der Waals surface area contributed by atoms with Gasteiger partial charge in [-0.3, -0.25) is 0 Å². The Labute approximate surface area is 425 Å². The molecule has 0 aliphatic carbocycles. The molecule has 1 heterocycles. The number of carbonyl (C=O) groups excluding carboxylic acids is 2. The van der Waals surface area contributed by atoms with Crippen molar-refractivity contribution in [1.82, 2.24) is 0 Å². The number of hydrogen-bond acceptors (Lipinski definition) is 14. The molecule has 14 heteroatoms. The number of phenolic OH excluding ortho intramolecular Hbond substituents is 2. The van der Waals surface area contributed by atoms with Crippen LogP contribution in [0.2, 0.25) is 0 Å². The van der Waals surface area contributed by atoms with Crippen molar-refractivity contribution in [2.45, 2.75) is 166 Å². The predicted molar refractivity (Wildman–Crippen MR) is 281 cm³/mol. The van der Waals surface area contributed by atoms with Crippen LogP contribution in [0.3, 0.4) is 0 Å². The smallest absolute Gasteiger partial charge is 0.342 e. The molecule has 72 heavy (non-hydrogen) atoms. The Balaban J connectivity index is 1.80. The summed E-state index contributed by atoms with van der Waals surface area (Å²) in [6, 6.07) is 9.18. The molecule has 0 fully saturated rings. The molecule has 0 bridgehead atoms. The molecule has 0 amide bonds. The molecule has 0 spiro atoms. The summed E-state index contributed by atoms with van der Waals surface area (Å²) in [7, 11) is 0. The molecule has 2 aromatic carbocycles.